The maximum absolute atomic E-state index is 12.6. The summed E-state index contributed by atoms with van der Waals surface area (Å²) in [7, 11) is 0. The van der Waals surface area contributed by atoms with Crippen molar-refractivity contribution < 1.29 is 18.3 Å². The molecule has 0 bridgehead atoms. The van der Waals surface area contributed by atoms with Crippen LogP contribution in [0.2, 0.25) is 0 Å². The number of aliphatic hydroxyl groups is 1. The second kappa shape index (κ2) is 4.57. The van der Waals surface area contributed by atoms with E-state index in [-0.39, 0.29) is 25.7 Å². The molecule has 100 valence electrons. The van der Waals surface area contributed by atoms with Crippen LogP contribution >= 0.6 is 0 Å². The van der Waals surface area contributed by atoms with E-state index in [9.17, 15) is 18.3 Å². The Morgan fingerprint density at radius 3 is 2.22 bits per heavy atom. The molecule has 2 rings (SSSR count). The van der Waals surface area contributed by atoms with Crippen molar-refractivity contribution in [3.8, 4) is 0 Å². The monoisotopic (exact) mass is 258 g/mol. The van der Waals surface area contributed by atoms with Gasteiger partial charge in [0.15, 0.2) is 0 Å². The zero-order valence-electron chi connectivity index (χ0n) is 10.3. The van der Waals surface area contributed by atoms with Crippen LogP contribution in [0.1, 0.15) is 36.8 Å². The summed E-state index contributed by atoms with van der Waals surface area (Å²) in [5.41, 5.74) is 0.615. The van der Waals surface area contributed by atoms with E-state index in [1.807, 2.05) is 31.2 Å². The highest BCUT2D eigenvalue weighted by Gasteiger charge is 2.45. The fourth-order valence-corrected chi connectivity index (χ4v) is 2.79. The van der Waals surface area contributed by atoms with Gasteiger partial charge in [0.2, 0.25) is 0 Å². The Bertz CT molecular complexity index is 417. The maximum atomic E-state index is 12.6. The van der Waals surface area contributed by atoms with Crippen LogP contribution in [0, 0.1) is 12.8 Å². The summed E-state index contributed by atoms with van der Waals surface area (Å²) in [5.74, 6) is -1.26. The number of benzene rings is 1. The minimum atomic E-state index is -4.13. The van der Waals surface area contributed by atoms with Crippen LogP contribution in [0.4, 0.5) is 13.2 Å². The van der Waals surface area contributed by atoms with Gasteiger partial charge in [-0.05, 0) is 43.7 Å². The van der Waals surface area contributed by atoms with Crippen LogP contribution in [0.15, 0.2) is 24.3 Å². The first kappa shape index (κ1) is 13.4. The van der Waals surface area contributed by atoms with Crippen molar-refractivity contribution in [2.45, 2.75) is 44.4 Å². The molecule has 0 aromatic heterocycles. The summed E-state index contributed by atoms with van der Waals surface area (Å²) < 4.78 is 37.8. The molecule has 1 nitrogen and oxygen atoms in total. The van der Waals surface area contributed by atoms with Gasteiger partial charge in [0.1, 0.15) is 0 Å². The second-order valence-electron chi connectivity index (χ2n) is 5.16. The van der Waals surface area contributed by atoms with Gasteiger partial charge in [0.05, 0.1) is 11.5 Å². The fourth-order valence-electron chi connectivity index (χ4n) is 2.79. The third kappa shape index (κ3) is 2.53. The van der Waals surface area contributed by atoms with Crippen LogP contribution in [0.25, 0.3) is 0 Å². The van der Waals surface area contributed by atoms with Gasteiger partial charge in [-0.3, -0.25) is 0 Å². The lowest BCUT2D eigenvalue weighted by molar-refractivity contribution is -0.193. The number of halogens is 3. The maximum Gasteiger partial charge on any atom is 0.391 e. The van der Waals surface area contributed by atoms with Crippen molar-refractivity contribution in [1.29, 1.82) is 0 Å². The standard InChI is InChI=1S/C14H17F3O/c1-10-4-2-3-5-12(10)13(18)8-6-11(7-9-13)14(15,16)17/h2-5,11,18H,6-9H2,1H3. The topological polar surface area (TPSA) is 20.2 Å². The highest BCUT2D eigenvalue weighted by molar-refractivity contribution is 5.31. The Labute approximate surface area is 105 Å². The van der Waals surface area contributed by atoms with Gasteiger partial charge < -0.3 is 5.11 Å². The van der Waals surface area contributed by atoms with Crippen molar-refractivity contribution >= 4 is 0 Å². The zero-order chi connectivity index (χ0) is 13.4. The molecular formula is C14H17F3O. The molecule has 0 saturated heterocycles. The largest absolute Gasteiger partial charge is 0.391 e. The van der Waals surface area contributed by atoms with Crippen molar-refractivity contribution in [3.05, 3.63) is 35.4 Å². The van der Waals surface area contributed by atoms with Crippen LogP contribution < -0.4 is 0 Å². The van der Waals surface area contributed by atoms with E-state index in [1.54, 1.807) is 0 Å². The molecule has 1 saturated carbocycles. The first-order chi connectivity index (χ1) is 8.33. The number of aryl methyl sites for hydroxylation is 1. The van der Waals surface area contributed by atoms with Gasteiger partial charge in [-0.15, -0.1) is 0 Å². The van der Waals surface area contributed by atoms with Crippen LogP contribution in [-0.4, -0.2) is 11.3 Å². The Morgan fingerprint density at radius 2 is 1.72 bits per heavy atom. The molecule has 0 amide bonds. The van der Waals surface area contributed by atoms with E-state index in [2.05, 4.69) is 0 Å². The summed E-state index contributed by atoms with van der Waals surface area (Å²) in [5, 5.41) is 10.5. The smallest absolute Gasteiger partial charge is 0.385 e. The van der Waals surface area contributed by atoms with Crippen molar-refractivity contribution in [1.82, 2.24) is 0 Å². The summed E-state index contributed by atoms with van der Waals surface area (Å²) in [6.07, 6.45) is -3.75. The van der Waals surface area contributed by atoms with E-state index in [0.717, 1.165) is 11.1 Å². The first-order valence-electron chi connectivity index (χ1n) is 6.18. The molecule has 18 heavy (non-hydrogen) atoms. The third-order valence-corrected chi connectivity index (χ3v) is 3.92. The molecule has 0 unspecified atom stereocenters. The average molecular weight is 258 g/mol. The minimum absolute atomic E-state index is 0.00827. The molecule has 1 aliphatic carbocycles. The van der Waals surface area contributed by atoms with E-state index in [4.69, 9.17) is 0 Å². The molecular weight excluding hydrogens is 241 g/mol. The van der Waals surface area contributed by atoms with Gasteiger partial charge >= 0.3 is 6.18 Å². The molecule has 1 N–H and O–H groups in total. The number of hydrogen-bond acceptors (Lipinski definition) is 1. The summed E-state index contributed by atoms with van der Waals surface area (Å²) in [4.78, 5) is 0. The highest BCUT2D eigenvalue weighted by atomic mass is 19.4. The third-order valence-electron chi connectivity index (χ3n) is 3.92. The predicted molar refractivity (Wildman–Crippen MR) is 63.1 cm³/mol. The van der Waals surface area contributed by atoms with Crippen LogP contribution in [0.5, 0.6) is 0 Å². The molecule has 0 aliphatic heterocycles. The van der Waals surface area contributed by atoms with Crippen molar-refractivity contribution in [2.75, 3.05) is 0 Å². The lowest BCUT2D eigenvalue weighted by atomic mass is 9.74. The SMILES string of the molecule is Cc1ccccc1C1(O)CCC(C(F)(F)F)CC1. The Balaban J connectivity index is 2.15. The van der Waals surface area contributed by atoms with E-state index in [0.29, 0.717) is 0 Å². The van der Waals surface area contributed by atoms with Crippen LogP contribution in [0.3, 0.4) is 0 Å². The Morgan fingerprint density at radius 1 is 1.17 bits per heavy atom. The Hall–Kier alpha value is -1.03. The van der Waals surface area contributed by atoms with Gasteiger partial charge in [-0.25, -0.2) is 0 Å². The molecule has 1 fully saturated rings. The van der Waals surface area contributed by atoms with Gasteiger partial charge in [-0.2, -0.15) is 13.2 Å². The van der Waals surface area contributed by atoms with Crippen LogP contribution in [-0.2, 0) is 5.60 Å². The molecule has 4 heteroatoms. The molecule has 1 aromatic rings. The molecule has 0 atom stereocenters. The van der Waals surface area contributed by atoms with Gasteiger partial charge in [0.25, 0.3) is 0 Å². The van der Waals surface area contributed by atoms with E-state index in [1.165, 1.54) is 0 Å². The van der Waals surface area contributed by atoms with Gasteiger partial charge in [0, 0.05) is 0 Å². The number of alkyl halides is 3. The molecule has 0 radical (unpaired) electrons. The highest BCUT2D eigenvalue weighted by Crippen LogP contribution is 2.45. The summed E-state index contributed by atoms with van der Waals surface area (Å²) in [6, 6.07) is 7.37. The lowest BCUT2D eigenvalue weighted by Crippen LogP contribution is -2.36. The number of rotatable bonds is 1. The first-order valence-corrected chi connectivity index (χ1v) is 6.18. The molecule has 1 aromatic carbocycles. The lowest BCUT2D eigenvalue weighted by Gasteiger charge is -2.37. The second-order valence-corrected chi connectivity index (χ2v) is 5.16. The van der Waals surface area contributed by atoms with E-state index >= 15 is 0 Å². The minimum Gasteiger partial charge on any atom is -0.385 e. The van der Waals surface area contributed by atoms with Crippen molar-refractivity contribution in [2.24, 2.45) is 5.92 Å². The quantitative estimate of drug-likeness (QED) is 0.809. The van der Waals surface area contributed by atoms with Crippen molar-refractivity contribution in [3.63, 3.8) is 0 Å². The molecule has 0 spiro atoms. The number of hydrogen-bond donors (Lipinski definition) is 1. The zero-order valence-corrected chi connectivity index (χ0v) is 10.3. The fraction of sp³-hybridized carbons (Fsp3) is 0.571. The average Bonchev–Trinajstić information content (AvgIpc) is 2.28. The summed E-state index contributed by atoms with van der Waals surface area (Å²) >= 11 is 0. The van der Waals surface area contributed by atoms with E-state index < -0.39 is 17.7 Å². The summed E-state index contributed by atoms with van der Waals surface area (Å²) in [6.45, 7) is 1.88. The van der Waals surface area contributed by atoms with Gasteiger partial charge in [-0.1, -0.05) is 24.3 Å². The Kier molecular flexibility index (Phi) is 3.41. The normalized spacial score (nSPS) is 29.3. The predicted octanol–water partition coefficient (Wildman–Crippen LogP) is 3.94. The molecule has 1 aliphatic rings. The molecule has 0 heterocycles.